The van der Waals surface area contributed by atoms with Gasteiger partial charge in [0, 0.05) is 21.7 Å². The highest BCUT2D eigenvalue weighted by molar-refractivity contribution is 7.26. The van der Waals surface area contributed by atoms with Gasteiger partial charge >= 0.3 is 0 Å². The van der Waals surface area contributed by atoms with Crippen LogP contribution in [-0.2, 0) is 0 Å². The molecule has 0 saturated carbocycles. The molecular weight excluding hydrogens is 238 g/mol. The zero-order valence-electron chi connectivity index (χ0n) is 10.1. The van der Waals surface area contributed by atoms with E-state index in [1.165, 1.54) is 20.2 Å². The summed E-state index contributed by atoms with van der Waals surface area (Å²) in [5, 5.41) is 2.62. The average molecular weight is 251 g/mol. The minimum atomic E-state index is 1.05. The van der Waals surface area contributed by atoms with E-state index >= 15 is 0 Å². The van der Waals surface area contributed by atoms with E-state index < -0.39 is 0 Å². The fourth-order valence-electron chi connectivity index (χ4n) is 2.04. The fourth-order valence-corrected chi connectivity index (χ4v) is 3.21. The number of fused-ring (bicyclic) bond motifs is 3. The first-order valence-electron chi connectivity index (χ1n) is 5.96. The SMILES string of the molecule is C/C=C\C=Nc1cccc2c1sc1ccccc12. The predicted molar refractivity (Wildman–Crippen MR) is 82.3 cm³/mol. The van der Waals surface area contributed by atoms with Crippen molar-refractivity contribution in [1.29, 1.82) is 0 Å². The zero-order valence-corrected chi connectivity index (χ0v) is 10.9. The average Bonchev–Trinajstić information content (AvgIpc) is 2.79. The lowest BCUT2D eigenvalue weighted by Crippen LogP contribution is -1.69. The van der Waals surface area contributed by atoms with Crippen molar-refractivity contribution in [3.05, 3.63) is 54.6 Å². The highest BCUT2D eigenvalue weighted by Crippen LogP contribution is 2.38. The minimum Gasteiger partial charge on any atom is -0.255 e. The van der Waals surface area contributed by atoms with Gasteiger partial charge in [-0.25, -0.2) is 0 Å². The molecule has 1 aromatic heterocycles. The Kier molecular flexibility index (Phi) is 2.95. The number of rotatable bonds is 2. The van der Waals surface area contributed by atoms with E-state index in [0.717, 1.165) is 5.69 Å². The maximum Gasteiger partial charge on any atom is 0.0808 e. The van der Waals surface area contributed by atoms with E-state index in [-0.39, 0.29) is 0 Å². The van der Waals surface area contributed by atoms with Gasteiger partial charge in [-0.15, -0.1) is 11.3 Å². The molecule has 0 atom stereocenters. The van der Waals surface area contributed by atoms with Gasteiger partial charge in [0.2, 0.25) is 0 Å². The molecule has 3 aromatic rings. The quantitative estimate of drug-likeness (QED) is 0.546. The number of aliphatic imine (C=N–C) groups is 1. The third-order valence-electron chi connectivity index (χ3n) is 2.88. The first-order chi connectivity index (χ1) is 8.90. The second kappa shape index (κ2) is 4.75. The van der Waals surface area contributed by atoms with Gasteiger partial charge in [0.15, 0.2) is 0 Å². The molecule has 0 unspecified atom stereocenters. The molecule has 0 saturated heterocycles. The van der Waals surface area contributed by atoms with Crippen molar-refractivity contribution >= 4 is 43.4 Å². The van der Waals surface area contributed by atoms with Crippen molar-refractivity contribution in [2.45, 2.75) is 6.92 Å². The van der Waals surface area contributed by atoms with Crippen molar-refractivity contribution < 1.29 is 0 Å². The monoisotopic (exact) mass is 251 g/mol. The lowest BCUT2D eigenvalue weighted by atomic mass is 10.1. The van der Waals surface area contributed by atoms with Crippen LogP contribution in [0.5, 0.6) is 0 Å². The topological polar surface area (TPSA) is 12.4 Å². The van der Waals surface area contributed by atoms with Crippen LogP contribution in [0.25, 0.3) is 20.2 Å². The van der Waals surface area contributed by atoms with Gasteiger partial charge in [-0.2, -0.15) is 0 Å². The van der Waals surface area contributed by atoms with Crippen LogP contribution in [0.1, 0.15) is 6.92 Å². The van der Waals surface area contributed by atoms with Crippen LogP contribution in [0.4, 0.5) is 5.69 Å². The number of thiophene rings is 1. The van der Waals surface area contributed by atoms with E-state index in [9.17, 15) is 0 Å². The Bertz CT molecular complexity index is 750. The highest BCUT2D eigenvalue weighted by Gasteiger charge is 2.06. The number of hydrogen-bond acceptors (Lipinski definition) is 2. The summed E-state index contributed by atoms with van der Waals surface area (Å²) in [5.41, 5.74) is 1.05. The number of nitrogens with zero attached hydrogens (tertiary/aromatic N) is 1. The van der Waals surface area contributed by atoms with Crippen LogP contribution in [-0.4, -0.2) is 6.21 Å². The third kappa shape index (κ3) is 1.85. The highest BCUT2D eigenvalue weighted by atomic mass is 32.1. The Morgan fingerprint density at radius 2 is 1.83 bits per heavy atom. The van der Waals surface area contributed by atoms with Gasteiger partial charge in [-0.1, -0.05) is 36.4 Å². The number of allylic oxidation sites excluding steroid dienone is 2. The summed E-state index contributed by atoms with van der Waals surface area (Å²) in [6.45, 7) is 1.99. The summed E-state index contributed by atoms with van der Waals surface area (Å²) in [6, 6.07) is 14.8. The molecule has 3 rings (SSSR count). The lowest BCUT2D eigenvalue weighted by molar-refractivity contribution is 1.60. The van der Waals surface area contributed by atoms with Crippen molar-refractivity contribution in [2.75, 3.05) is 0 Å². The van der Waals surface area contributed by atoms with Gasteiger partial charge in [-0.05, 0) is 25.1 Å². The summed E-state index contributed by atoms with van der Waals surface area (Å²) < 4.78 is 2.58. The lowest BCUT2D eigenvalue weighted by Gasteiger charge is -1.95. The van der Waals surface area contributed by atoms with Crippen LogP contribution in [0, 0.1) is 0 Å². The Labute approximate surface area is 110 Å². The fraction of sp³-hybridized carbons (Fsp3) is 0.0625. The van der Waals surface area contributed by atoms with Crippen molar-refractivity contribution in [3.8, 4) is 0 Å². The molecule has 0 radical (unpaired) electrons. The van der Waals surface area contributed by atoms with Crippen molar-refractivity contribution in [3.63, 3.8) is 0 Å². The summed E-state index contributed by atoms with van der Waals surface area (Å²) in [7, 11) is 0. The van der Waals surface area contributed by atoms with E-state index in [0.29, 0.717) is 0 Å². The summed E-state index contributed by atoms with van der Waals surface area (Å²) >= 11 is 1.81. The van der Waals surface area contributed by atoms with Crippen LogP contribution in [0.3, 0.4) is 0 Å². The van der Waals surface area contributed by atoms with E-state index in [2.05, 4.69) is 47.5 Å². The summed E-state index contributed by atoms with van der Waals surface area (Å²) in [5.74, 6) is 0. The zero-order chi connectivity index (χ0) is 12.4. The van der Waals surface area contributed by atoms with Gasteiger partial charge in [0.1, 0.15) is 0 Å². The van der Waals surface area contributed by atoms with Gasteiger partial charge in [-0.3, -0.25) is 4.99 Å². The van der Waals surface area contributed by atoms with E-state index in [4.69, 9.17) is 0 Å². The molecule has 2 aromatic carbocycles. The van der Waals surface area contributed by atoms with Gasteiger partial charge in [0.05, 0.1) is 10.4 Å². The van der Waals surface area contributed by atoms with Crippen molar-refractivity contribution in [2.24, 2.45) is 4.99 Å². The Balaban J connectivity index is 2.27. The first kappa shape index (κ1) is 11.2. The van der Waals surface area contributed by atoms with Crippen LogP contribution >= 0.6 is 11.3 Å². The standard InChI is InChI=1S/C16H13NS/c1-2-3-11-17-14-9-6-8-13-12-7-4-5-10-15(12)18-16(13)14/h2-11H,1H3/b3-2-,17-11?. The molecule has 1 heterocycles. The van der Waals surface area contributed by atoms with Crippen LogP contribution < -0.4 is 0 Å². The smallest absolute Gasteiger partial charge is 0.0808 e. The minimum absolute atomic E-state index is 1.05. The van der Waals surface area contributed by atoms with Gasteiger partial charge < -0.3 is 0 Å². The predicted octanol–water partition coefficient (Wildman–Crippen LogP) is 5.33. The largest absolute Gasteiger partial charge is 0.255 e. The third-order valence-corrected chi connectivity index (χ3v) is 4.08. The maximum absolute atomic E-state index is 4.52. The molecule has 0 amide bonds. The molecule has 0 aliphatic rings. The molecular formula is C16H13NS. The van der Waals surface area contributed by atoms with Crippen LogP contribution in [0.15, 0.2) is 59.6 Å². The number of hydrogen-bond donors (Lipinski definition) is 0. The molecule has 2 heteroatoms. The molecule has 88 valence electrons. The summed E-state index contributed by atoms with van der Waals surface area (Å²) in [6.07, 6.45) is 5.78. The second-order valence-corrected chi connectivity index (χ2v) is 5.11. The normalized spacial score (nSPS) is 12.3. The second-order valence-electron chi connectivity index (χ2n) is 4.06. The molecule has 18 heavy (non-hydrogen) atoms. The Morgan fingerprint density at radius 1 is 1.00 bits per heavy atom. The molecule has 1 nitrogen and oxygen atoms in total. The molecule has 0 aliphatic carbocycles. The molecule has 0 aliphatic heterocycles. The Hall–Kier alpha value is -1.93. The van der Waals surface area contributed by atoms with E-state index in [1.807, 2.05) is 36.6 Å². The number of benzene rings is 2. The van der Waals surface area contributed by atoms with Crippen LogP contribution in [0.2, 0.25) is 0 Å². The van der Waals surface area contributed by atoms with Crippen molar-refractivity contribution in [1.82, 2.24) is 0 Å². The molecule has 0 bridgehead atoms. The molecule has 0 spiro atoms. The molecule has 0 N–H and O–H groups in total. The van der Waals surface area contributed by atoms with Gasteiger partial charge in [0.25, 0.3) is 0 Å². The first-order valence-corrected chi connectivity index (χ1v) is 6.77. The maximum atomic E-state index is 4.52. The van der Waals surface area contributed by atoms with E-state index in [1.54, 1.807) is 0 Å². The Morgan fingerprint density at radius 3 is 2.72 bits per heavy atom. The summed E-state index contributed by atoms with van der Waals surface area (Å²) in [4.78, 5) is 4.52. The molecule has 0 fully saturated rings.